The van der Waals surface area contributed by atoms with Crippen molar-refractivity contribution in [2.24, 2.45) is 0 Å². The summed E-state index contributed by atoms with van der Waals surface area (Å²) >= 11 is 1.60. The molecule has 1 heterocycles. The fourth-order valence-corrected chi connectivity index (χ4v) is 2.27. The summed E-state index contributed by atoms with van der Waals surface area (Å²) in [6.07, 6.45) is -0.0902. The highest BCUT2D eigenvalue weighted by Gasteiger charge is 2.06. The van der Waals surface area contributed by atoms with Crippen LogP contribution in [-0.4, -0.2) is 16.7 Å². The SMILES string of the molecule is CC(=O)CC(=O)Nc1ccc(-c2csc(C)n2)cc1. The van der Waals surface area contributed by atoms with Gasteiger partial charge in [0.15, 0.2) is 0 Å². The van der Waals surface area contributed by atoms with E-state index in [1.54, 1.807) is 11.3 Å². The van der Waals surface area contributed by atoms with Crippen molar-refractivity contribution in [1.29, 1.82) is 0 Å². The minimum absolute atomic E-state index is 0.0902. The second-order valence-electron chi connectivity index (χ2n) is 4.26. The number of carbonyl (C=O) groups excluding carboxylic acids is 2. The second-order valence-corrected chi connectivity index (χ2v) is 5.32. The first-order chi connectivity index (χ1) is 9.04. The fourth-order valence-electron chi connectivity index (χ4n) is 1.65. The van der Waals surface area contributed by atoms with E-state index in [-0.39, 0.29) is 18.1 Å². The Labute approximate surface area is 115 Å². The summed E-state index contributed by atoms with van der Waals surface area (Å²) in [5.41, 5.74) is 2.62. The van der Waals surface area contributed by atoms with E-state index in [4.69, 9.17) is 0 Å². The van der Waals surface area contributed by atoms with Crippen LogP contribution in [0.5, 0.6) is 0 Å². The van der Waals surface area contributed by atoms with Crippen LogP contribution in [0.25, 0.3) is 11.3 Å². The number of carbonyl (C=O) groups is 2. The maximum atomic E-state index is 11.4. The molecule has 0 radical (unpaired) electrons. The van der Waals surface area contributed by atoms with E-state index in [0.717, 1.165) is 16.3 Å². The van der Waals surface area contributed by atoms with Crippen LogP contribution in [0.3, 0.4) is 0 Å². The molecule has 2 rings (SSSR count). The first-order valence-electron chi connectivity index (χ1n) is 5.86. The van der Waals surface area contributed by atoms with Gasteiger partial charge >= 0.3 is 0 Å². The molecular formula is C14H14N2O2S. The summed E-state index contributed by atoms with van der Waals surface area (Å²) in [5, 5.41) is 5.70. The third kappa shape index (κ3) is 3.72. The molecule has 0 bridgehead atoms. The lowest BCUT2D eigenvalue weighted by Crippen LogP contribution is -2.14. The van der Waals surface area contributed by atoms with Crippen LogP contribution in [0.15, 0.2) is 29.6 Å². The van der Waals surface area contributed by atoms with Crippen LogP contribution in [0, 0.1) is 6.92 Å². The van der Waals surface area contributed by atoms with Gasteiger partial charge in [0.25, 0.3) is 0 Å². The maximum absolute atomic E-state index is 11.4. The van der Waals surface area contributed by atoms with Crippen molar-refractivity contribution in [1.82, 2.24) is 4.98 Å². The van der Waals surface area contributed by atoms with Gasteiger partial charge in [-0.3, -0.25) is 9.59 Å². The number of nitrogens with one attached hydrogen (secondary N) is 1. The predicted octanol–water partition coefficient (Wildman–Crippen LogP) is 3.04. The molecule has 0 aliphatic heterocycles. The highest BCUT2D eigenvalue weighted by molar-refractivity contribution is 7.09. The van der Waals surface area contributed by atoms with Gasteiger partial charge in [-0.15, -0.1) is 11.3 Å². The van der Waals surface area contributed by atoms with Crippen LogP contribution in [0.4, 0.5) is 5.69 Å². The molecule has 0 unspecified atom stereocenters. The maximum Gasteiger partial charge on any atom is 0.231 e. The van der Waals surface area contributed by atoms with Crippen LogP contribution in [0.1, 0.15) is 18.4 Å². The zero-order valence-electron chi connectivity index (χ0n) is 10.8. The van der Waals surface area contributed by atoms with Crippen LogP contribution < -0.4 is 5.32 Å². The van der Waals surface area contributed by atoms with Gasteiger partial charge in [-0.25, -0.2) is 4.98 Å². The molecule has 2 aromatic rings. The Bertz CT molecular complexity index is 602. The molecule has 0 aliphatic rings. The van der Waals surface area contributed by atoms with E-state index in [2.05, 4.69) is 10.3 Å². The fraction of sp³-hybridized carbons (Fsp3) is 0.214. The minimum Gasteiger partial charge on any atom is -0.326 e. The summed E-state index contributed by atoms with van der Waals surface area (Å²) < 4.78 is 0. The zero-order valence-corrected chi connectivity index (χ0v) is 11.6. The number of benzene rings is 1. The van der Waals surface area contributed by atoms with Crippen molar-refractivity contribution in [3.63, 3.8) is 0 Å². The molecule has 0 fully saturated rings. The quantitative estimate of drug-likeness (QED) is 0.872. The molecule has 5 heteroatoms. The van der Waals surface area contributed by atoms with E-state index in [1.165, 1.54) is 6.92 Å². The van der Waals surface area contributed by atoms with Gasteiger partial charge in [-0.1, -0.05) is 12.1 Å². The number of thiazole rings is 1. The van der Waals surface area contributed by atoms with Crippen molar-refractivity contribution >= 4 is 28.7 Å². The van der Waals surface area contributed by atoms with E-state index < -0.39 is 0 Å². The molecule has 19 heavy (non-hydrogen) atoms. The number of amides is 1. The van der Waals surface area contributed by atoms with E-state index in [1.807, 2.05) is 36.6 Å². The summed E-state index contributed by atoms with van der Waals surface area (Å²) in [6.45, 7) is 3.36. The van der Waals surface area contributed by atoms with Crippen molar-refractivity contribution < 1.29 is 9.59 Å². The Morgan fingerprint density at radius 3 is 2.47 bits per heavy atom. The molecule has 98 valence electrons. The number of nitrogens with zero attached hydrogens (tertiary/aromatic N) is 1. The summed E-state index contributed by atoms with van der Waals surface area (Å²) in [6, 6.07) is 7.42. The van der Waals surface area contributed by atoms with Gasteiger partial charge in [0.1, 0.15) is 5.78 Å². The number of anilines is 1. The number of Topliss-reactive ketones (excluding diaryl/α,β-unsaturated/α-hetero) is 1. The number of hydrogen-bond donors (Lipinski definition) is 1. The highest BCUT2D eigenvalue weighted by Crippen LogP contribution is 2.23. The van der Waals surface area contributed by atoms with Gasteiger partial charge in [0.05, 0.1) is 17.1 Å². The molecule has 1 aromatic carbocycles. The van der Waals surface area contributed by atoms with Crippen LogP contribution in [0.2, 0.25) is 0 Å². The monoisotopic (exact) mass is 274 g/mol. The second kappa shape index (κ2) is 5.75. The average Bonchev–Trinajstić information content (AvgIpc) is 2.75. The van der Waals surface area contributed by atoms with Crippen molar-refractivity contribution in [2.45, 2.75) is 20.3 Å². The molecule has 0 spiro atoms. The Balaban J connectivity index is 2.06. The van der Waals surface area contributed by atoms with Crippen molar-refractivity contribution in [3.05, 3.63) is 34.7 Å². The molecule has 4 nitrogen and oxygen atoms in total. The normalized spacial score (nSPS) is 10.2. The number of aromatic nitrogens is 1. The minimum atomic E-state index is -0.287. The summed E-state index contributed by atoms with van der Waals surface area (Å²) in [7, 11) is 0. The van der Waals surface area contributed by atoms with E-state index in [9.17, 15) is 9.59 Å². The number of hydrogen-bond acceptors (Lipinski definition) is 4. The summed E-state index contributed by atoms with van der Waals surface area (Å²) in [4.78, 5) is 26.7. The Morgan fingerprint density at radius 1 is 1.26 bits per heavy atom. The van der Waals surface area contributed by atoms with Crippen LogP contribution >= 0.6 is 11.3 Å². The molecule has 1 amide bonds. The third-order valence-corrected chi connectivity index (χ3v) is 3.27. The number of aryl methyl sites for hydroxylation is 1. The van der Waals surface area contributed by atoms with Crippen molar-refractivity contribution in [2.75, 3.05) is 5.32 Å². The molecule has 1 aromatic heterocycles. The first-order valence-corrected chi connectivity index (χ1v) is 6.74. The molecule has 0 saturated heterocycles. The molecule has 0 atom stereocenters. The van der Waals surface area contributed by atoms with Gasteiger partial charge in [0, 0.05) is 16.6 Å². The van der Waals surface area contributed by atoms with Gasteiger partial charge in [-0.2, -0.15) is 0 Å². The van der Waals surface area contributed by atoms with Gasteiger partial charge < -0.3 is 5.32 Å². The van der Waals surface area contributed by atoms with Gasteiger partial charge in [-0.05, 0) is 26.0 Å². The first kappa shape index (κ1) is 13.4. The lowest BCUT2D eigenvalue weighted by atomic mass is 10.1. The highest BCUT2D eigenvalue weighted by atomic mass is 32.1. The molecule has 0 saturated carbocycles. The topological polar surface area (TPSA) is 59.1 Å². The molecule has 0 aliphatic carbocycles. The molecular weight excluding hydrogens is 260 g/mol. The Morgan fingerprint density at radius 2 is 1.95 bits per heavy atom. The summed E-state index contributed by atoms with van der Waals surface area (Å²) in [5.74, 6) is -0.433. The molecule has 1 N–H and O–H groups in total. The number of ketones is 1. The lowest BCUT2D eigenvalue weighted by molar-refractivity contribution is -0.124. The van der Waals surface area contributed by atoms with E-state index >= 15 is 0 Å². The number of rotatable bonds is 4. The largest absolute Gasteiger partial charge is 0.326 e. The van der Waals surface area contributed by atoms with Crippen LogP contribution in [-0.2, 0) is 9.59 Å². The van der Waals surface area contributed by atoms with Crippen molar-refractivity contribution in [3.8, 4) is 11.3 Å². The Hall–Kier alpha value is -2.01. The predicted molar refractivity (Wildman–Crippen MR) is 76.2 cm³/mol. The third-order valence-electron chi connectivity index (χ3n) is 2.49. The average molecular weight is 274 g/mol. The standard InChI is InChI=1S/C14H14N2O2S/c1-9(17)7-14(18)16-12-5-3-11(4-6-12)13-8-19-10(2)15-13/h3-6,8H,7H2,1-2H3,(H,16,18). The van der Waals surface area contributed by atoms with E-state index in [0.29, 0.717) is 5.69 Å². The smallest absolute Gasteiger partial charge is 0.231 e. The Kier molecular flexibility index (Phi) is 4.06. The zero-order chi connectivity index (χ0) is 13.8. The lowest BCUT2D eigenvalue weighted by Gasteiger charge is -2.04. The van der Waals surface area contributed by atoms with Gasteiger partial charge in [0.2, 0.25) is 5.91 Å².